The molecule has 1 fully saturated rings. The van der Waals surface area contributed by atoms with Crippen molar-refractivity contribution in [3.63, 3.8) is 0 Å². The van der Waals surface area contributed by atoms with Gasteiger partial charge in [-0.05, 0) is 24.6 Å². The van der Waals surface area contributed by atoms with E-state index in [9.17, 15) is 24.8 Å². The van der Waals surface area contributed by atoms with Crippen molar-refractivity contribution >= 4 is 39.1 Å². The topological polar surface area (TPSA) is 119 Å². The number of hydrogen-bond acceptors (Lipinski definition) is 6. The number of likely N-dealkylation sites (tertiary alicyclic amines) is 1. The standard InChI is InChI=1S/C23H19BrN4O5/c24-16-8-6-15(7-9-16)21(29)19-20(17-4-1-2-5-18(17)28(32)33)27(23(31)22(19)30)12-3-11-26-13-10-25-14-26/h1-2,4-10,13-14,20,29H,3,11-12H2/t20-/m0/s1. The molecule has 4 rings (SSSR count). The predicted molar refractivity (Wildman–Crippen MR) is 123 cm³/mol. The summed E-state index contributed by atoms with van der Waals surface area (Å²) in [5.74, 6) is -2.05. The minimum absolute atomic E-state index is 0.163. The van der Waals surface area contributed by atoms with E-state index in [1.54, 1.807) is 49.1 Å². The second-order valence-electron chi connectivity index (χ2n) is 7.47. The quantitative estimate of drug-likeness (QED) is 0.168. The van der Waals surface area contributed by atoms with E-state index in [2.05, 4.69) is 20.9 Å². The van der Waals surface area contributed by atoms with E-state index in [-0.39, 0.29) is 29.1 Å². The molecule has 9 nitrogen and oxygen atoms in total. The highest BCUT2D eigenvalue weighted by atomic mass is 79.9. The van der Waals surface area contributed by atoms with Crippen LogP contribution >= 0.6 is 15.9 Å². The molecular formula is C23H19BrN4O5. The highest BCUT2D eigenvalue weighted by Gasteiger charge is 2.47. The number of rotatable bonds is 7. The summed E-state index contributed by atoms with van der Waals surface area (Å²) in [6.07, 6.45) is 5.54. The maximum Gasteiger partial charge on any atom is 0.295 e. The van der Waals surface area contributed by atoms with E-state index < -0.39 is 22.7 Å². The molecule has 10 heteroatoms. The Morgan fingerprint density at radius 3 is 2.52 bits per heavy atom. The highest BCUT2D eigenvalue weighted by Crippen LogP contribution is 2.42. The molecule has 0 aliphatic carbocycles. The monoisotopic (exact) mass is 510 g/mol. The van der Waals surface area contributed by atoms with Crippen molar-refractivity contribution < 1.29 is 19.6 Å². The van der Waals surface area contributed by atoms with Crippen LogP contribution in [0.1, 0.15) is 23.6 Å². The third kappa shape index (κ3) is 4.42. The van der Waals surface area contributed by atoms with Crippen LogP contribution in [0.3, 0.4) is 0 Å². The number of para-hydroxylation sites is 1. The molecule has 1 aliphatic heterocycles. The number of aromatic nitrogens is 2. The Labute approximate surface area is 197 Å². The lowest BCUT2D eigenvalue weighted by Crippen LogP contribution is -2.31. The molecule has 1 saturated heterocycles. The van der Waals surface area contributed by atoms with Crippen LogP contribution in [0, 0.1) is 10.1 Å². The second kappa shape index (κ2) is 9.37. The zero-order valence-corrected chi connectivity index (χ0v) is 18.9. The first-order valence-electron chi connectivity index (χ1n) is 10.1. The van der Waals surface area contributed by atoms with Crippen LogP contribution in [0.5, 0.6) is 0 Å². The Morgan fingerprint density at radius 2 is 1.85 bits per heavy atom. The summed E-state index contributed by atoms with van der Waals surface area (Å²) in [7, 11) is 0. The number of halogens is 1. The molecular weight excluding hydrogens is 492 g/mol. The van der Waals surface area contributed by atoms with Gasteiger partial charge in [0.25, 0.3) is 17.4 Å². The Balaban J connectivity index is 1.80. The normalized spacial score (nSPS) is 17.5. The van der Waals surface area contributed by atoms with Gasteiger partial charge < -0.3 is 14.6 Å². The van der Waals surface area contributed by atoms with Gasteiger partial charge in [-0.3, -0.25) is 19.7 Å². The molecule has 1 atom stereocenters. The average Bonchev–Trinajstić information content (AvgIpc) is 3.41. The lowest BCUT2D eigenvalue weighted by molar-refractivity contribution is -0.385. The fraction of sp³-hybridized carbons (Fsp3) is 0.174. The Morgan fingerprint density at radius 1 is 1.12 bits per heavy atom. The van der Waals surface area contributed by atoms with Crippen LogP contribution in [-0.4, -0.2) is 42.7 Å². The smallest absolute Gasteiger partial charge is 0.295 e. The molecule has 2 aromatic carbocycles. The Hall–Kier alpha value is -3.79. The van der Waals surface area contributed by atoms with E-state index in [0.29, 0.717) is 18.5 Å². The summed E-state index contributed by atoms with van der Waals surface area (Å²) in [5, 5.41) is 22.8. The molecule has 3 aromatic rings. The molecule has 0 unspecified atom stereocenters. The SMILES string of the molecule is O=C1C(=O)N(CCCn2ccnc2)[C@@H](c2ccccc2[N+](=O)[O-])C1=C(O)c1ccc(Br)cc1. The van der Waals surface area contributed by atoms with Gasteiger partial charge in [0.15, 0.2) is 0 Å². The van der Waals surface area contributed by atoms with E-state index in [1.807, 2.05) is 4.57 Å². The number of nitrogens with zero attached hydrogens (tertiary/aromatic N) is 4. The van der Waals surface area contributed by atoms with Crippen molar-refractivity contribution in [2.45, 2.75) is 19.0 Å². The molecule has 33 heavy (non-hydrogen) atoms. The van der Waals surface area contributed by atoms with Crippen LogP contribution in [0.15, 0.2) is 77.3 Å². The number of carbonyl (C=O) groups excluding carboxylic acids is 2. The first-order valence-corrected chi connectivity index (χ1v) is 10.9. The third-order valence-electron chi connectivity index (χ3n) is 5.46. The summed E-state index contributed by atoms with van der Waals surface area (Å²) in [4.78, 5) is 42.5. The van der Waals surface area contributed by atoms with Crippen LogP contribution < -0.4 is 0 Å². The molecule has 1 amide bonds. The summed E-state index contributed by atoms with van der Waals surface area (Å²) < 4.78 is 2.60. The molecule has 2 heterocycles. The maximum absolute atomic E-state index is 13.1. The summed E-state index contributed by atoms with van der Waals surface area (Å²) >= 11 is 3.32. The summed E-state index contributed by atoms with van der Waals surface area (Å²) in [5.41, 5.74) is 0.103. The number of Topliss-reactive ketones (excluding diaryl/α,β-unsaturated/α-hetero) is 1. The van der Waals surface area contributed by atoms with Crippen LogP contribution in [0.25, 0.3) is 5.76 Å². The zero-order chi connectivity index (χ0) is 23.5. The first-order chi connectivity index (χ1) is 15.9. The second-order valence-corrected chi connectivity index (χ2v) is 8.39. The number of aliphatic hydroxyl groups is 1. The van der Waals surface area contributed by atoms with Gasteiger partial charge in [-0.1, -0.05) is 40.2 Å². The third-order valence-corrected chi connectivity index (χ3v) is 5.99. The van der Waals surface area contributed by atoms with Gasteiger partial charge in [0.1, 0.15) is 5.76 Å². The first kappa shape index (κ1) is 22.4. The molecule has 1 aliphatic rings. The molecule has 168 valence electrons. The molecule has 0 spiro atoms. The van der Waals surface area contributed by atoms with Gasteiger partial charge in [-0.2, -0.15) is 0 Å². The number of benzene rings is 2. The van der Waals surface area contributed by atoms with E-state index in [1.165, 1.54) is 23.1 Å². The number of imidazole rings is 1. The number of carbonyl (C=O) groups is 2. The number of nitro benzene ring substituents is 1. The number of aliphatic hydroxyl groups excluding tert-OH is 1. The van der Waals surface area contributed by atoms with Crippen LogP contribution in [0.4, 0.5) is 5.69 Å². The minimum Gasteiger partial charge on any atom is -0.507 e. The maximum atomic E-state index is 13.1. The van der Waals surface area contributed by atoms with Gasteiger partial charge in [-0.15, -0.1) is 0 Å². The lowest BCUT2D eigenvalue weighted by atomic mass is 9.94. The number of hydrogen-bond donors (Lipinski definition) is 1. The largest absolute Gasteiger partial charge is 0.507 e. The van der Waals surface area contributed by atoms with Crippen molar-refractivity contribution in [2.75, 3.05) is 6.54 Å². The van der Waals surface area contributed by atoms with Crippen LogP contribution in [-0.2, 0) is 16.1 Å². The van der Waals surface area contributed by atoms with Crippen molar-refractivity contribution in [1.29, 1.82) is 0 Å². The van der Waals surface area contributed by atoms with Gasteiger partial charge in [-0.25, -0.2) is 4.98 Å². The Bertz CT molecular complexity index is 1240. The molecule has 1 N–H and O–H groups in total. The average molecular weight is 511 g/mol. The fourth-order valence-electron chi connectivity index (χ4n) is 3.92. The van der Waals surface area contributed by atoms with Crippen molar-refractivity contribution in [1.82, 2.24) is 14.5 Å². The van der Waals surface area contributed by atoms with Crippen molar-refractivity contribution in [3.05, 3.63) is 98.5 Å². The summed E-state index contributed by atoms with van der Waals surface area (Å²) in [6.45, 7) is 0.704. The zero-order valence-electron chi connectivity index (χ0n) is 17.3. The Kier molecular flexibility index (Phi) is 6.36. The molecule has 0 saturated carbocycles. The van der Waals surface area contributed by atoms with E-state index >= 15 is 0 Å². The van der Waals surface area contributed by atoms with Crippen LogP contribution in [0.2, 0.25) is 0 Å². The number of amides is 1. The van der Waals surface area contributed by atoms with Gasteiger partial charge in [0, 0.05) is 41.6 Å². The molecule has 0 bridgehead atoms. The number of ketones is 1. The fourth-order valence-corrected chi connectivity index (χ4v) is 4.19. The van der Waals surface area contributed by atoms with E-state index in [0.717, 1.165) is 4.47 Å². The highest BCUT2D eigenvalue weighted by molar-refractivity contribution is 9.10. The van der Waals surface area contributed by atoms with E-state index in [4.69, 9.17) is 0 Å². The van der Waals surface area contributed by atoms with Gasteiger partial charge in [0.05, 0.1) is 28.4 Å². The van der Waals surface area contributed by atoms with Crippen molar-refractivity contribution in [3.8, 4) is 0 Å². The molecule has 0 radical (unpaired) electrons. The number of aryl methyl sites for hydroxylation is 1. The number of nitro groups is 1. The van der Waals surface area contributed by atoms with Crippen molar-refractivity contribution in [2.24, 2.45) is 0 Å². The lowest BCUT2D eigenvalue weighted by Gasteiger charge is -2.25. The molecule has 1 aromatic heterocycles. The van der Waals surface area contributed by atoms with Gasteiger partial charge >= 0.3 is 0 Å². The van der Waals surface area contributed by atoms with Gasteiger partial charge in [0.2, 0.25) is 0 Å². The summed E-state index contributed by atoms with van der Waals surface area (Å²) in [6, 6.07) is 11.4. The predicted octanol–water partition coefficient (Wildman–Crippen LogP) is 4.07. The minimum atomic E-state index is -1.09.